The minimum absolute atomic E-state index is 0. The number of carbonyl (C=O) groups excluding carboxylic acids is 1. The van der Waals surface area contributed by atoms with Gasteiger partial charge in [-0.3, -0.25) is 9.78 Å². The van der Waals surface area contributed by atoms with Crippen LogP contribution in [0.3, 0.4) is 0 Å². The van der Waals surface area contributed by atoms with E-state index >= 15 is 0 Å². The number of hydrogen-bond donors (Lipinski definition) is 1. The van der Waals surface area contributed by atoms with Crippen LogP contribution in [0.4, 0.5) is 5.69 Å². The van der Waals surface area contributed by atoms with Gasteiger partial charge in [0.25, 0.3) is 0 Å². The van der Waals surface area contributed by atoms with Gasteiger partial charge < -0.3 is 5.32 Å². The molecule has 0 aliphatic rings. The van der Waals surface area contributed by atoms with Crippen LogP contribution >= 0.6 is 12.4 Å². The molecular weight excluding hydrogens is 236 g/mol. The van der Waals surface area contributed by atoms with Gasteiger partial charge >= 0.3 is 0 Å². The lowest BCUT2D eigenvalue weighted by Gasteiger charge is -2.08. The Morgan fingerprint density at radius 1 is 1.12 bits per heavy atom. The molecule has 0 bridgehead atoms. The molecule has 1 aromatic heterocycles. The molecule has 2 rings (SSSR count). The Morgan fingerprint density at radius 2 is 1.82 bits per heavy atom. The second-order valence-electron chi connectivity index (χ2n) is 3.45. The van der Waals surface area contributed by atoms with Crippen molar-refractivity contribution in [2.75, 3.05) is 5.32 Å². The summed E-state index contributed by atoms with van der Waals surface area (Å²) in [6, 6.07) is 13.4. The van der Waals surface area contributed by atoms with E-state index in [1.807, 2.05) is 36.4 Å². The van der Waals surface area contributed by atoms with E-state index in [1.54, 1.807) is 12.3 Å². The molecule has 0 radical (unpaired) electrons. The summed E-state index contributed by atoms with van der Waals surface area (Å²) >= 11 is 0. The van der Waals surface area contributed by atoms with Crippen LogP contribution in [0.25, 0.3) is 11.3 Å². The third-order valence-corrected chi connectivity index (χ3v) is 2.17. The van der Waals surface area contributed by atoms with E-state index in [4.69, 9.17) is 0 Å². The van der Waals surface area contributed by atoms with Gasteiger partial charge in [-0.15, -0.1) is 12.4 Å². The van der Waals surface area contributed by atoms with Gasteiger partial charge in [0.15, 0.2) is 0 Å². The molecule has 1 N–H and O–H groups in total. The number of aromatic nitrogens is 1. The molecule has 0 fully saturated rings. The minimum atomic E-state index is -0.0924. The molecule has 0 aliphatic carbocycles. The van der Waals surface area contributed by atoms with Crippen LogP contribution in [-0.4, -0.2) is 10.9 Å². The monoisotopic (exact) mass is 248 g/mol. The smallest absolute Gasteiger partial charge is 0.221 e. The first-order chi connectivity index (χ1) is 7.77. The fourth-order valence-electron chi connectivity index (χ4n) is 1.52. The number of pyridine rings is 1. The number of benzene rings is 1. The lowest BCUT2D eigenvalue weighted by Crippen LogP contribution is -2.07. The highest BCUT2D eigenvalue weighted by molar-refractivity contribution is 5.92. The van der Waals surface area contributed by atoms with E-state index in [1.165, 1.54) is 6.92 Å². The molecule has 1 aromatic carbocycles. The first-order valence-electron chi connectivity index (χ1n) is 5.05. The summed E-state index contributed by atoms with van der Waals surface area (Å²) in [5, 5.41) is 2.77. The van der Waals surface area contributed by atoms with Crippen molar-refractivity contribution >= 4 is 24.0 Å². The number of nitrogens with one attached hydrogen (secondary N) is 1. The van der Waals surface area contributed by atoms with Crippen LogP contribution in [0.2, 0.25) is 0 Å². The highest BCUT2D eigenvalue weighted by Crippen LogP contribution is 2.24. The van der Waals surface area contributed by atoms with Crippen LogP contribution in [0.5, 0.6) is 0 Å². The highest BCUT2D eigenvalue weighted by Gasteiger charge is 2.06. The average Bonchev–Trinajstić information content (AvgIpc) is 2.30. The van der Waals surface area contributed by atoms with Gasteiger partial charge in [0.2, 0.25) is 5.91 Å². The quantitative estimate of drug-likeness (QED) is 0.887. The molecule has 0 spiro atoms. The van der Waals surface area contributed by atoms with Crippen LogP contribution in [0, 0.1) is 0 Å². The largest absolute Gasteiger partial charge is 0.324 e. The summed E-state index contributed by atoms with van der Waals surface area (Å²) in [6.45, 7) is 1.49. The molecule has 2 aromatic rings. The SMILES string of the molecule is CC(=O)Nc1cccnc1-c1ccccc1.Cl. The standard InChI is InChI=1S/C13H12N2O.ClH/c1-10(16)15-12-8-5-9-14-13(12)11-6-3-2-4-7-11;/h2-9H,1H3,(H,15,16);1H. The first-order valence-corrected chi connectivity index (χ1v) is 5.05. The van der Waals surface area contributed by atoms with Gasteiger partial charge in [-0.25, -0.2) is 0 Å². The second kappa shape index (κ2) is 6.01. The molecule has 1 amide bonds. The zero-order valence-corrected chi connectivity index (χ0v) is 10.2. The molecule has 0 saturated carbocycles. The number of hydrogen-bond acceptors (Lipinski definition) is 2. The van der Waals surface area contributed by atoms with E-state index in [-0.39, 0.29) is 18.3 Å². The molecule has 0 aliphatic heterocycles. The third kappa shape index (κ3) is 3.29. The van der Waals surface area contributed by atoms with Gasteiger partial charge in [-0.2, -0.15) is 0 Å². The molecule has 4 heteroatoms. The fourth-order valence-corrected chi connectivity index (χ4v) is 1.52. The molecule has 0 saturated heterocycles. The fraction of sp³-hybridized carbons (Fsp3) is 0.0769. The minimum Gasteiger partial charge on any atom is -0.324 e. The van der Waals surface area contributed by atoms with E-state index < -0.39 is 0 Å². The molecule has 0 atom stereocenters. The van der Waals surface area contributed by atoms with Crippen molar-refractivity contribution in [2.24, 2.45) is 0 Å². The third-order valence-electron chi connectivity index (χ3n) is 2.17. The Bertz CT molecular complexity index is 500. The number of anilines is 1. The normalized spacial score (nSPS) is 9.24. The summed E-state index contributed by atoms with van der Waals surface area (Å²) in [5.41, 5.74) is 2.52. The lowest BCUT2D eigenvalue weighted by molar-refractivity contribution is -0.114. The number of rotatable bonds is 2. The van der Waals surface area contributed by atoms with Crippen molar-refractivity contribution in [1.82, 2.24) is 4.98 Å². The maximum atomic E-state index is 11.1. The number of halogens is 1. The van der Waals surface area contributed by atoms with Crippen molar-refractivity contribution in [1.29, 1.82) is 0 Å². The lowest BCUT2D eigenvalue weighted by atomic mass is 10.1. The number of nitrogens with zero attached hydrogens (tertiary/aromatic N) is 1. The average molecular weight is 249 g/mol. The van der Waals surface area contributed by atoms with E-state index in [0.717, 1.165) is 16.9 Å². The van der Waals surface area contributed by atoms with E-state index in [2.05, 4.69) is 10.3 Å². The van der Waals surface area contributed by atoms with Crippen LogP contribution in [0.15, 0.2) is 48.7 Å². The highest BCUT2D eigenvalue weighted by atomic mass is 35.5. The van der Waals surface area contributed by atoms with Crippen LogP contribution in [-0.2, 0) is 4.79 Å². The van der Waals surface area contributed by atoms with Gasteiger partial charge in [-0.1, -0.05) is 30.3 Å². The topological polar surface area (TPSA) is 42.0 Å². The summed E-state index contributed by atoms with van der Waals surface area (Å²) in [7, 11) is 0. The first kappa shape index (κ1) is 13.2. The molecular formula is C13H13ClN2O. The molecule has 0 unspecified atom stereocenters. The number of amides is 1. The molecule has 1 heterocycles. The summed E-state index contributed by atoms with van der Waals surface area (Å²) in [5.74, 6) is -0.0924. The van der Waals surface area contributed by atoms with Crippen molar-refractivity contribution in [2.45, 2.75) is 6.92 Å². The van der Waals surface area contributed by atoms with Gasteiger partial charge in [0.1, 0.15) is 0 Å². The Kier molecular flexibility index (Phi) is 4.67. The van der Waals surface area contributed by atoms with Crippen molar-refractivity contribution in [3.63, 3.8) is 0 Å². The van der Waals surface area contributed by atoms with Crippen LogP contribution < -0.4 is 5.32 Å². The Balaban J connectivity index is 0.00000144. The zero-order valence-electron chi connectivity index (χ0n) is 9.38. The van der Waals surface area contributed by atoms with Crippen molar-refractivity contribution in [3.05, 3.63) is 48.7 Å². The molecule has 88 valence electrons. The summed E-state index contributed by atoms with van der Waals surface area (Å²) < 4.78 is 0. The van der Waals surface area contributed by atoms with Gasteiger partial charge in [0.05, 0.1) is 11.4 Å². The maximum Gasteiger partial charge on any atom is 0.221 e. The molecule has 3 nitrogen and oxygen atoms in total. The van der Waals surface area contributed by atoms with Gasteiger partial charge in [0, 0.05) is 18.7 Å². The summed E-state index contributed by atoms with van der Waals surface area (Å²) in [4.78, 5) is 15.3. The Hall–Kier alpha value is -1.87. The zero-order chi connectivity index (χ0) is 11.4. The Morgan fingerprint density at radius 3 is 2.47 bits per heavy atom. The van der Waals surface area contributed by atoms with Crippen LogP contribution in [0.1, 0.15) is 6.92 Å². The van der Waals surface area contributed by atoms with Crippen molar-refractivity contribution in [3.8, 4) is 11.3 Å². The van der Waals surface area contributed by atoms with E-state index in [9.17, 15) is 4.79 Å². The van der Waals surface area contributed by atoms with Crippen molar-refractivity contribution < 1.29 is 4.79 Å². The van der Waals surface area contributed by atoms with E-state index in [0.29, 0.717) is 0 Å². The van der Waals surface area contributed by atoms with Gasteiger partial charge in [-0.05, 0) is 12.1 Å². The molecule has 17 heavy (non-hydrogen) atoms. The maximum absolute atomic E-state index is 11.1. The predicted octanol–water partition coefficient (Wildman–Crippen LogP) is 3.13. The predicted molar refractivity (Wildman–Crippen MR) is 71.2 cm³/mol. The second-order valence-corrected chi connectivity index (χ2v) is 3.45. The number of carbonyl (C=O) groups is 1. The summed E-state index contributed by atoms with van der Waals surface area (Å²) in [6.07, 6.45) is 1.72. The Labute approximate surface area is 106 Å².